The normalized spacial score (nSPS) is 11.9. The molecule has 214 valence electrons. The van der Waals surface area contributed by atoms with Crippen LogP contribution in [-0.4, -0.2) is 9.13 Å². The highest BCUT2D eigenvalue weighted by Gasteiger charge is 2.22. The van der Waals surface area contributed by atoms with Gasteiger partial charge in [0, 0.05) is 32.3 Å². The highest BCUT2D eigenvalue weighted by Crippen LogP contribution is 2.44. The van der Waals surface area contributed by atoms with Gasteiger partial charge in [-0.3, -0.25) is 0 Å². The van der Waals surface area contributed by atoms with Crippen LogP contribution in [0.5, 0.6) is 0 Å². The van der Waals surface area contributed by atoms with Crippen molar-refractivity contribution in [3.05, 3.63) is 170 Å². The summed E-state index contributed by atoms with van der Waals surface area (Å²) >= 11 is 0. The highest BCUT2D eigenvalue weighted by atomic mass is 15.0. The highest BCUT2D eigenvalue weighted by molar-refractivity contribution is 6.29. The summed E-state index contributed by atoms with van der Waals surface area (Å²) in [6.07, 6.45) is 0. The summed E-state index contributed by atoms with van der Waals surface area (Å²) in [4.78, 5) is 0. The van der Waals surface area contributed by atoms with Crippen LogP contribution in [0.25, 0.3) is 87.7 Å². The topological polar surface area (TPSA) is 9.86 Å². The van der Waals surface area contributed by atoms with E-state index in [-0.39, 0.29) is 0 Å². The molecule has 2 aromatic heterocycles. The monoisotopic (exact) mass is 584 g/mol. The van der Waals surface area contributed by atoms with Crippen LogP contribution in [0, 0.1) is 0 Å². The molecule has 0 aliphatic rings. The molecule has 0 amide bonds. The first kappa shape index (κ1) is 25.2. The second kappa shape index (κ2) is 9.69. The van der Waals surface area contributed by atoms with E-state index < -0.39 is 0 Å². The van der Waals surface area contributed by atoms with Gasteiger partial charge < -0.3 is 9.13 Å². The molecule has 10 rings (SSSR count). The van der Waals surface area contributed by atoms with Crippen molar-refractivity contribution in [2.75, 3.05) is 0 Å². The van der Waals surface area contributed by atoms with Gasteiger partial charge in [-0.15, -0.1) is 0 Å². The molecular formula is C44H28N2. The molecule has 46 heavy (non-hydrogen) atoms. The van der Waals surface area contributed by atoms with Gasteiger partial charge in [0.2, 0.25) is 0 Å². The molecule has 0 saturated heterocycles. The van der Waals surface area contributed by atoms with Crippen molar-refractivity contribution in [2.45, 2.75) is 0 Å². The van der Waals surface area contributed by atoms with E-state index in [1.54, 1.807) is 0 Å². The van der Waals surface area contributed by atoms with E-state index >= 15 is 0 Å². The average Bonchev–Trinajstić information content (AvgIpc) is 3.63. The van der Waals surface area contributed by atoms with Crippen LogP contribution in [0.15, 0.2) is 170 Å². The van der Waals surface area contributed by atoms with Gasteiger partial charge in [0.25, 0.3) is 0 Å². The summed E-state index contributed by atoms with van der Waals surface area (Å²) in [6, 6.07) is 62.0. The Morgan fingerprint density at radius 1 is 0.283 bits per heavy atom. The number of nitrogens with zero attached hydrogens (tertiary/aromatic N) is 2. The van der Waals surface area contributed by atoms with Gasteiger partial charge in [0.05, 0.1) is 33.4 Å². The number of para-hydroxylation sites is 1. The molecule has 2 heterocycles. The molecule has 10 aromatic rings. The molecule has 0 fully saturated rings. The van der Waals surface area contributed by atoms with Gasteiger partial charge >= 0.3 is 0 Å². The number of aromatic nitrogens is 2. The second-order valence-corrected chi connectivity index (χ2v) is 12.1. The fraction of sp³-hybridized carbons (Fsp3) is 0. The third kappa shape index (κ3) is 3.53. The number of fused-ring (bicyclic) bond motifs is 9. The molecule has 2 heteroatoms. The van der Waals surface area contributed by atoms with Crippen molar-refractivity contribution in [1.82, 2.24) is 9.13 Å². The Labute approximate surface area is 266 Å². The summed E-state index contributed by atoms with van der Waals surface area (Å²) < 4.78 is 4.95. The Balaban J connectivity index is 1.40. The number of benzene rings is 8. The summed E-state index contributed by atoms with van der Waals surface area (Å²) in [5.41, 5.74) is 9.69. The van der Waals surface area contributed by atoms with Crippen LogP contribution >= 0.6 is 0 Å². The number of hydrogen-bond acceptors (Lipinski definition) is 0. The molecule has 0 spiro atoms. The van der Waals surface area contributed by atoms with E-state index in [2.05, 4.69) is 179 Å². The van der Waals surface area contributed by atoms with Crippen LogP contribution in [0.1, 0.15) is 0 Å². The summed E-state index contributed by atoms with van der Waals surface area (Å²) in [5.74, 6) is 0. The lowest BCUT2D eigenvalue weighted by atomic mass is 10.0. The standard InChI is InChI=1S/C44H28N2/c1-2-12-29(13-3-1)32-24-25-36-42(28-32)46(38-23-11-17-31-15-5-7-19-34(31)38)41-27-26-40-43(44(36)41)35-20-8-9-21-39(35)45(40)37-22-10-16-30-14-4-6-18-33(30)37/h1-28H. The molecule has 0 N–H and O–H groups in total. The van der Waals surface area contributed by atoms with Crippen molar-refractivity contribution in [2.24, 2.45) is 0 Å². The van der Waals surface area contributed by atoms with E-state index in [9.17, 15) is 0 Å². The maximum Gasteiger partial charge on any atom is 0.0549 e. The predicted molar refractivity (Wildman–Crippen MR) is 196 cm³/mol. The van der Waals surface area contributed by atoms with E-state index in [4.69, 9.17) is 0 Å². The van der Waals surface area contributed by atoms with Crippen molar-refractivity contribution in [3.8, 4) is 22.5 Å². The minimum atomic E-state index is 1.19. The van der Waals surface area contributed by atoms with Crippen LogP contribution in [0.2, 0.25) is 0 Å². The fourth-order valence-electron chi connectivity index (χ4n) is 7.70. The van der Waals surface area contributed by atoms with Gasteiger partial charge in [-0.2, -0.15) is 0 Å². The van der Waals surface area contributed by atoms with Crippen LogP contribution in [-0.2, 0) is 0 Å². The minimum Gasteiger partial charge on any atom is -0.309 e. The molecular weight excluding hydrogens is 556 g/mol. The third-order valence-electron chi connectivity index (χ3n) is 9.69. The molecule has 8 aromatic carbocycles. The first-order valence-corrected chi connectivity index (χ1v) is 15.9. The van der Waals surface area contributed by atoms with Crippen LogP contribution in [0.3, 0.4) is 0 Å². The Morgan fingerprint density at radius 2 is 0.783 bits per heavy atom. The molecule has 0 bridgehead atoms. The van der Waals surface area contributed by atoms with Gasteiger partial charge in [-0.1, -0.05) is 133 Å². The summed E-state index contributed by atoms with van der Waals surface area (Å²) in [7, 11) is 0. The first-order chi connectivity index (χ1) is 22.8. The molecule has 0 saturated carbocycles. The van der Waals surface area contributed by atoms with Gasteiger partial charge in [0.15, 0.2) is 0 Å². The van der Waals surface area contributed by atoms with Crippen molar-refractivity contribution in [1.29, 1.82) is 0 Å². The van der Waals surface area contributed by atoms with Crippen molar-refractivity contribution >= 4 is 65.2 Å². The fourth-order valence-corrected chi connectivity index (χ4v) is 7.70. The number of hydrogen-bond donors (Lipinski definition) is 0. The van der Waals surface area contributed by atoms with Gasteiger partial charge in [-0.05, 0) is 58.3 Å². The van der Waals surface area contributed by atoms with Crippen molar-refractivity contribution in [3.63, 3.8) is 0 Å². The predicted octanol–water partition coefficient (Wildman–Crippen LogP) is 11.9. The molecule has 0 aliphatic heterocycles. The zero-order valence-corrected chi connectivity index (χ0v) is 25.1. The molecule has 0 radical (unpaired) electrons. The SMILES string of the molecule is c1ccc(-c2ccc3c4c5c6ccccc6n(-c6cccc7ccccc67)c5ccc4n(-c4cccc5ccccc45)c3c2)cc1. The van der Waals surface area contributed by atoms with E-state index in [1.807, 2.05) is 0 Å². The maximum absolute atomic E-state index is 2.49. The lowest BCUT2D eigenvalue weighted by Gasteiger charge is -2.13. The number of rotatable bonds is 3. The van der Waals surface area contributed by atoms with Gasteiger partial charge in [-0.25, -0.2) is 0 Å². The third-order valence-corrected chi connectivity index (χ3v) is 9.69. The van der Waals surface area contributed by atoms with Gasteiger partial charge in [0.1, 0.15) is 0 Å². The Hall–Kier alpha value is -6.12. The molecule has 0 aliphatic carbocycles. The first-order valence-electron chi connectivity index (χ1n) is 15.9. The van der Waals surface area contributed by atoms with Crippen molar-refractivity contribution < 1.29 is 0 Å². The van der Waals surface area contributed by atoms with Crippen LogP contribution in [0.4, 0.5) is 0 Å². The summed E-state index contributed by atoms with van der Waals surface area (Å²) in [6.45, 7) is 0. The Kier molecular flexibility index (Phi) is 5.31. The molecule has 0 unspecified atom stereocenters. The zero-order valence-electron chi connectivity index (χ0n) is 25.1. The maximum atomic E-state index is 2.49. The minimum absolute atomic E-state index is 1.19. The van der Waals surface area contributed by atoms with E-state index in [0.29, 0.717) is 0 Å². The second-order valence-electron chi connectivity index (χ2n) is 12.1. The molecule has 0 atom stereocenters. The zero-order chi connectivity index (χ0) is 30.2. The Bertz CT molecular complexity index is 2790. The quantitative estimate of drug-likeness (QED) is 0.195. The average molecular weight is 585 g/mol. The molecule has 2 nitrogen and oxygen atoms in total. The van der Waals surface area contributed by atoms with Crippen LogP contribution < -0.4 is 0 Å². The van der Waals surface area contributed by atoms with E-state index in [1.165, 1.54) is 87.7 Å². The van der Waals surface area contributed by atoms with E-state index in [0.717, 1.165) is 0 Å². The largest absolute Gasteiger partial charge is 0.309 e. The summed E-state index contributed by atoms with van der Waals surface area (Å²) in [5, 5.41) is 10.1. The lowest BCUT2D eigenvalue weighted by molar-refractivity contribution is 1.19. The smallest absolute Gasteiger partial charge is 0.0549 e. The lowest BCUT2D eigenvalue weighted by Crippen LogP contribution is -1.96. The Morgan fingerprint density at radius 3 is 1.43 bits per heavy atom.